The molecular formula is C22H18ClF2N3O4. The Balaban J connectivity index is 1.50. The lowest BCUT2D eigenvalue weighted by Gasteiger charge is -2.29. The maximum Gasteiger partial charge on any atom is 0.349 e. The summed E-state index contributed by atoms with van der Waals surface area (Å²) in [5.41, 5.74) is 0.0576. The topological polar surface area (TPSA) is 95.6 Å². The predicted octanol–water partition coefficient (Wildman–Crippen LogP) is 2.51. The summed E-state index contributed by atoms with van der Waals surface area (Å²) in [4.78, 5) is 50.0. The summed E-state index contributed by atoms with van der Waals surface area (Å²) in [7, 11) is 0. The van der Waals surface area contributed by atoms with E-state index >= 15 is 0 Å². The molecule has 2 aromatic carbocycles. The van der Waals surface area contributed by atoms with Crippen molar-refractivity contribution in [1.29, 1.82) is 0 Å². The van der Waals surface area contributed by atoms with Gasteiger partial charge in [-0.25, -0.2) is 0 Å². The van der Waals surface area contributed by atoms with Gasteiger partial charge < -0.3 is 10.2 Å². The second kappa shape index (κ2) is 8.31. The van der Waals surface area contributed by atoms with E-state index in [0.29, 0.717) is 16.7 Å². The first-order chi connectivity index (χ1) is 16.4. The number of carbonyl (C=O) groups excluding carboxylic acids is 4. The average Bonchev–Trinajstić information content (AvgIpc) is 3.12. The molecule has 1 atom stereocenters. The lowest BCUT2D eigenvalue weighted by atomic mass is 10.0. The van der Waals surface area contributed by atoms with Crippen molar-refractivity contribution < 1.29 is 32.1 Å². The van der Waals surface area contributed by atoms with E-state index in [1.807, 2.05) is 0 Å². The molecular weight excluding hydrogens is 444 g/mol. The molecule has 4 amide bonds. The predicted molar refractivity (Wildman–Crippen MR) is 110 cm³/mol. The maximum absolute atomic E-state index is 14.8. The molecule has 2 N–H and O–H groups in total. The number of hydrogen-bond donors (Lipinski definition) is 2. The van der Waals surface area contributed by atoms with Crippen molar-refractivity contribution in [3.8, 4) is 0 Å². The van der Waals surface area contributed by atoms with Crippen molar-refractivity contribution in [2.45, 2.75) is 37.9 Å². The van der Waals surface area contributed by atoms with Gasteiger partial charge in [-0.05, 0) is 35.7 Å². The van der Waals surface area contributed by atoms with Crippen LogP contribution >= 0.6 is 11.6 Å². The molecule has 0 spiro atoms. The van der Waals surface area contributed by atoms with Crippen molar-refractivity contribution in [2.75, 3.05) is 0 Å². The fraction of sp³-hybridized carbons (Fsp3) is 0.273. The van der Waals surface area contributed by atoms with Crippen LogP contribution in [0.1, 0.15) is 42.6 Å². The molecule has 0 saturated carbocycles. The molecule has 1 saturated heterocycles. The quantitative estimate of drug-likeness (QED) is 0.665. The number of nitrogens with one attached hydrogen (secondary N) is 2. The van der Waals surface area contributed by atoms with Crippen LogP contribution in [-0.4, -0.2) is 34.6 Å². The summed E-state index contributed by atoms with van der Waals surface area (Å²) in [5, 5.41) is 2.03. The highest BCUT2D eigenvalue weighted by molar-refractivity contribution is 6.30. The second-order valence-corrected chi connectivity index (χ2v) is 7.84. The Labute approximate surface area is 191 Å². The Kier molecular flexibility index (Phi) is 4.74. The molecule has 1 unspecified atom stereocenters. The molecule has 2 aliphatic heterocycles. The van der Waals surface area contributed by atoms with Crippen LogP contribution in [0.4, 0.5) is 8.78 Å². The number of fused-ring (bicyclic) bond motifs is 1. The number of nitrogens with zero attached hydrogens (tertiary/aromatic N) is 1. The third-order valence-electron chi connectivity index (χ3n) is 5.31. The lowest BCUT2D eigenvalue weighted by Crippen LogP contribution is -2.52. The number of halogens is 3. The van der Waals surface area contributed by atoms with Crippen LogP contribution in [0, 0.1) is 0 Å². The van der Waals surface area contributed by atoms with Crippen molar-refractivity contribution >= 4 is 35.2 Å². The molecule has 2 aliphatic rings. The van der Waals surface area contributed by atoms with Crippen LogP contribution in [0.25, 0.3) is 0 Å². The third kappa shape index (κ3) is 4.08. The molecule has 0 aliphatic carbocycles. The van der Waals surface area contributed by atoms with Gasteiger partial charge in [0, 0.05) is 35.7 Å². The number of piperidine rings is 1. The Morgan fingerprint density at radius 1 is 1.28 bits per heavy atom. The summed E-state index contributed by atoms with van der Waals surface area (Å²) in [6.07, 6.45) is 0.283. The Hall–Kier alpha value is -3.33. The van der Waals surface area contributed by atoms with Gasteiger partial charge in [-0.2, -0.15) is 8.78 Å². The van der Waals surface area contributed by atoms with Crippen molar-refractivity contribution in [2.24, 2.45) is 0 Å². The van der Waals surface area contributed by atoms with Gasteiger partial charge in [0.15, 0.2) is 1.41 Å². The monoisotopic (exact) mass is 464 g/mol. The summed E-state index contributed by atoms with van der Waals surface area (Å²) < 4.78 is 52.8. The number of carbonyl (C=O) groups is 4. The fourth-order valence-corrected chi connectivity index (χ4v) is 3.76. The first-order valence-electron chi connectivity index (χ1n) is 11.1. The first-order valence-corrected chi connectivity index (χ1v) is 10.0. The standard InChI is InChI=1S/C22H18ClF2N3O4/c23-15-4-2-14(3-5-15)22(24,25)21(32)26-10-12-1-6-16-13(9-12)11-28(20(16)31)17-7-8-18(29)27-19(17)30/h1-6,9,17H,7-8,10-11H2,(H,26,32)(H,27,29,30)/i2D,4D/hD. The van der Waals surface area contributed by atoms with E-state index in [0.717, 1.165) is 12.1 Å². The number of hydrogen-bond acceptors (Lipinski definition) is 4. The van der Waals surface area contributed by atoms with Crippen LogP contribution in [0.3, 0.4) is 0 Å². The number of amides is 4. The van der Waals surface area contributed by atoms with Gasteiger partial charge in [-0.15, -0.1) is 0 Å². The molecule has 166 valence electrons. The van der Waals surface area contributed by atoms with Gasteiger partial charge in [0.05, 0.1) is 2.74 Å². The normalized spacial score (nSPS) is 19.7. The smallest absolute Gasteiger partial charge is 0.346 e. The highest BCUT2D eigenvalue weighted by Gasteiger charge is 2.41. The third-order valence-corrected chi connectivity index (χ3v) is 5.53. The largest absolute Gasteiger partial charge is 0.349 e. The fourth-order valence-electron chi connectivity index (χ4n) is 3.65. The van der Waals surface area contributed by atoms with Gasteiger partial charge in [-0.3, -0.25) is 24.5 Å². The zero-order valence-corrected chi connectivity index (χ0v) is 17.2. The van der Waals surface area contributed by atoms with E-state index in [4.69, 9.17) is 15.8 Å². The number of imide groups is 1. The summed E-state index contributed by atoms with van der Waals surface area (Å²) in [6.45, 7) is -0.487. The van der Waals surface area contributed by atoms with Crippen molar-refractivity contribution in [3.05, 3.63) is 69.7 Å². The van der Waals surface area contributed by atoms with Crippen LogP contribution in [0.15, 0.2) is 42.4 Å². The molecule has 0 aromatic heterocycles. The van der Waals surface area contributed by atoms with Gasteiger partial charge in [0.2, 0.25) is 11.8 Å². The average molecular weight is 465 g/mol. The van der Waals surface area contributed by atoms with Gasteiger partial charge in [-0.1, -0.05) is 35.8 Å². The van der Waals surface area contributed by atoms with Crippen LogP contribution in [0.5, 0.6) is 0 Å². The summed E-state index contributed by atoms with van der Waals surface area (Å²) in [6, 6.07) is 3.72. The lowest BCUT2D eigenvalue weighted by molar-refractivity contribution is -0.147. The van der Waals surface area contributed by atoms with Crippen LogP contribution in [0.2, 0.25) is 6.43 Å². The SMILES string of the molecule is [2H]c1c(Cl)ccc(C(F)(F)C(=O)N([2H])Cc2ccc3c(c2)CN(C2CCC(=O)NC2=O)C3=O)c1[2H]. The Morgan fingerprint density at radius 2 is 2.06 bits per heavy atom. The van der Waals surface area contributed by atoms with E-state index in [2.05, 4.69) is 5.32 Å². The van der Waals surface area contributed by atoms with E-state index in [1.54, 1.807) is 0 Å². The highest BCUT2D eigenvalue weighted by Crippen LogP contribution is 2.30. The second-order valence-electron chi connectivity index (χ2n) is 7.43. The van der Waals surface area contributed by atoms with E-state index in [-0.39, 0.29) is 29.7 Å². The number of benzene rings is 2. The van der Waals surface area contributed by atoms with E-state index < -0.39 is 59.8 Å². The first kappa shape index (κ1) is 18.3. The van der Waals surface area contributed by atoms with Crippen LogP contribution in [-0.2, 0) is 33.4 Å². The van der Waals surface area contributed by atoms with Crippen molar-refractivity contribution in [3.63, 3.8) is 0 Å². The molecule has 2 aromatic rings. The van der Waals surface area contributed by atoms with Gasteiger partial charge in [0.25, 0.3) is 11.8 Å². The minimum absolute atomic E-state index is 0.0497. The molecule has 10 heteroatoms. The summed E-state index contributed by atoms with van der Waals surface area (Å²) >= 11 is 5.67. The van der Waals surface area contributed by atoms with E-state index in [9.17, 15) is 28.0 Å². The number of alkyl halides is 2. The van der Waals surface area contributed by atoms with E-state index in [1.165, 1.54) is 23.1 Å². The highest BCUT2D eigenvalue weighted by atomic mass is 35.5. The minimum atomic E-state index is -4.24. The minimum Gasteiger partial charge on any atom is -0.346 e. The molecule has 0 radical (unpaired) electrons. The van der Waals surface area contributed by atoms with Gasteiger partial charge >= 0.3 is 5.92 Å². The molecule has 0 bridgehead atoms. The Morgan fingerprint density at radius 3 is 2.81 bits per heavy atom. The van der Waals surface area contributed by atoms with Crippen LogP contribution < -0.4 is 10.6 Å². The van der Waals surface area contributed by atoms with Crippen molar-refractivity contribution in [1.82, 2.24) is 15.5 Å². The number of rotatable bonds is 5. The van der Waals surface area contributed by atoms with Gasteiger partial charge in [0.1, 0.15) is 6.04 Å². The zero-order valence-electron chi connectivity index (χ0n) is 19.5. The molecule has 32 heavy (non-hydrogen) atoms. The molecule has 7 nitrogen and oxygen atoms in total. The Bertz CT molecular complexity index is 1280. The molecule has 2 heterocycles. The maximum atomic E-state index is 14.8. The molecule has 1 fully saturated rings. The molecule has 4 rings (SSSR count). The zero-order chi connectivity index (χ0) is 25.7. The summed E-state index contributed by atoms with van der Waals surface area (Å²) in [5.74, 6) is -7.53.